The Morgan fingerprint density at radius 1 is 1.37 bits per heavy atom. The highest BCUT2D eigenvalue weighted by molar-refractivity contribution is 6.31. The Morgan fingerprint density at radius 2 is 2.21 bits per heavy atom. The fourth-order valence-electron chi connectivity index (χ4n) is 1.71. The average Bonchev–Trinajstić information content (AvgIpc) is 2.41. The van der Waals surface area contributed by atoms with Gasteiger partial charge in [-0.2, -0.15) is 0 Å². The van der Waals surface area contributed by atoms with Crippen LogP contribution in [0.5, 0.6) is 0 Å². The van der Waals surface area contributed by atoms with Crippen molar-refractivity contribution in [3.63, 3.8) is 0 Å². The molecule has 98 valence electrons. The monoisotopic (exact) mass is 274 g/mol. The smallest absolute Gasteiger partial charge is 0.224 e. The molecule has 0 bridgehead atoms. The molecule has 19 heavy (non-hydrogen) atoms. The van der Waals surface area contributed by atoms with Crippen LogP contribution in [0.15, 0.2) is 42.7 Å². The SMILES string of the molecule is Cc1ccc(CCC(=O)Nc2cccnc2)cc1Cl. The van der Waals surface area contributed by atoms with Crippen molar-refractivity contribution in [3.05, 3.63) is 58.9 Å². The van der Waals surface area contributed by atoms with Crippen LogP contribution in [0.2, 0.25) is 5.02 Å². The minimum absolute atomic E-state index is 0.0234. The summed E-state index contributed by atoms with van der Waals surface area (Å²) in [5.74, 6) is -0.0234. The third kappa shape index (κ3) is 4.07. The number of nitrogens with zero attached hydrogens (tertiary/aromatic N) is 1. The molecule has 4 heteroatoms. The standard InChI is InChI=1S/C15H15ClN2O/c1-11-4-5-12(9-14(11)16)6-7-15(19)18-13-3-2-8-17-10-13/h2-5,8-10H,6-7H2,1H3,(H,18,19). The predicted octanol–water partition coefficient (Wildman–Crippen LogP) is 3.61. The fourth-order valence-corrected chi connectivity index (χ4v) is 1.91. The van der Waals surface area contributed by atoms with Crippen LogP contribution in [-0.4, -0.2) is 10.9 Å². The Kier molecular flexibility index (Phi) is 4.53. The number of rotatable bonds is 4. The number of aromatic nitrogens is 1. The maximum absolute atomic E-state index is 11.8. The van der Waals surface area contributed by atoms with E-state index in [1.165, 1.54) is 0 Å². The molecule has 2 rings (SSSR count). The molecular weight excluding hydrogens is 260 g/mol. The summed E-state index contributed by atoms with van der Waals surface area (Å²) in [6.45, 7) is 1.96. The number of carbonyl (C=O) groups is 1. The van der Waals surface area contributed by atoms with Crippen molar-refractivity contribution in [1.82, 2.24) is 4.98 Å². The Balaban J connectivity index is 1.88. The predicted molar refractivity (Wildman–Crippen MR) is 77.4 cm³/mol. The molecule has 2 aromatic rings. The molecule has 1 amide bonds. The maximum atomic E-state index is 11.8. The van der Waals surface area contributed by atoms with Gasteiger partial charge in [-0.1, -0.05) is 23.7 Å². The van der Waals surface area contributed by atoms with E-state index >= 15 is 0 Å². The first-order chi connectivity index (χ1) is 9.15. The number of hydrogen-bond acceptors (Lipinski definition) is 2. The van der Waals surface area contributed by atoms with Gasteiger partial charge < -0.3 is 5.32 Å². The Bertz CT molecular complexity index is 570. The van der Waals surface area contributed by atoms with Crippen LogP contribution in [0.4, 0.5) is 5.69 Å². The number of amides is 1. The molecule has 1 heterocycles. The highest BCUT2D eigenvalue weighted by Crippen LogP contribution is 2.17. The summed E-state index contributed by atoms with van der Waals surface area (Å²) in [6, 6.07) is 9.48. The van der Waals surface area contributed by atoms with Crippen LogP contribution in [0, 0.1) is 6.92 Å². The molecule has 0 saturated heterocycles. The van der Waals surface area contributed by atoms with Crippen molar-refractivity contribution in [2.24, 2.45) is 0 Å². The van der Waals surface area contributed by atoms with Crippen molar-refractivity contribution >= 4 is 23.2 Å². The summed E-state index contributed by atoms with van der Waals surface area (Å²) >= 11 is 6.05. The first kappa shape index (κ1) is 13.6. The second kappa shape index (κ2) is 6.34. The molecule has 0 unspecified atom stereocenters. The van der Waals surface area contributed by atoms with Crippen molar-refractivity contribution < 1.29 is 4.79 Å². The molecule has 1 aromatic carbocycles. The zero-order chi connectivity index (χ0) is 13.7. The summed E-state index contributed by atoms with van der Waals surface area (Å²) in [4.78, 5) is 15.7. The topological polar surface area (TPSA) is 42.0 Å². The Morgan fingerprint density at radius 3 is 2.89 bits per heavy atom. The Hall–Kier alpha value is -1.87. The highest BCUT2D eigenvalue weighted by Gasteiger charge is 2.04. The number of anilines is 1. The number of nitrogens with one attached hydrogen (secondary N) is 1. The third-order valence-corrected chi connectivity index (χ3v) is 3.23. The van der Waals surface area contributed by atoms with Gasteiger partial charge in [-0.15, -0.1) is 0 Å². The average molecular weight is 275 g/mol. The van der Waals surface area contributed by atoms with E-state index in [9.17, 15) is 4.79 Å². The first-order valence-electron chi connectivity index (χ1n) is 6.10. The van der Waals surface area contributed by atoms with Gasteiger partial charge in [-0.05, 0) is 42.7 Å². The van der Waals surface area contributed by atoms with Crippen LogP contribution in [-0.2, 0) is 11.2 Å². The lowest BCUT2D eigenvalue weighted by molar-refractivity contribution is -0.116. The number of pyridine rings is 1. The highest BCUT2D eigenvalue weighted by atomic mass is 35.5. The van der Waals surface area contributed by atoms with Gasteiger partial charge in [0.15, 0.2) is 0 Å². The molecule has 0 spiro atoms. The number of halogens is 1. The van der Waals surface area contributed by atoms with E-state index in [1.807, 2.05) is 31.2 Å². The number of benzene rings is 1. The molecule has 0 fully saturated rings. The van der Waals surface area contributed by atoms with Crippen molar-refractivity contribution in [2.75, 3.05) is 5.32 Å². The van der Waals surface area contributed by atoms with Gasteiger partial charge in [0.25, 0.3) is 0 Å². The summed E-state index contributed by atoms with van der Waals surface area (Å²) in [5.41, 5.74) is 2.83. The van der Waals surface area contributed by atoms with Crippen LogP contribution >= 0.6 is 11.6 Å². The van der Waals surface area contributed by atoms with Gasteiger partial charge in [0.2, 0.25) is 5.91 Å². The number of carbonyl (C=O) groups excluding carboxylic acids is 1. The fraction of sp³-hybridized carbons (Fsp3) is 0.200. The lowest BCUT2D eigenvalue weighted by Crippen LogP contribution is -2.12. The molecule has 1 N–H and O–H groups in total. The van der Waals surface area contributed by atoms with E-state index in [0.29, 0.717) is 12.8 Å². The van der Waals surface area contributed by atoms with Gasteiger partial charge in [0.05, 0.1) is 11.9 Å². The molecule has 0 aliphatic heterocycles. The van der Waals surface area contributed by atoms with Crippen LogP contribution < -0.4 is 5.32 Å². The lowest BCUT2D eigenvalue weighted by Gasteiger charge is -2.06. The molecule has 0 aliphatic rings. The quantitative estimate of drug-likeness (QED) is 0.925. The van der Waals surface area contributed by atoms with Gasteiger partial charge >= 0.3 is 0 Å². The molecule has 3 nitrogen and oxygen atoms in total. The van der Waals surface area contributed by atoms with Crippen LogP contribution in [0.3, 0.4) is 0 Å². The largest absolute Gasteiger partial charge is 0.325 e. The van der Waals surface area contributed by atoms with Crippen LogP contribution in [0.1, 0.15) is 17.5 Å². The molecule has 0 aliphatic carbocycles. The summed E-state index contributed by atoms with van der Waals surface area (Å²) in [7, 11) is 0. The van der Waals surface area contributed by atoms with Gasteiger partial charge in [0, 0.05) is 17.6 Å². The molecular formula is C15H15ClN2O. The third-order valence-electron chi connectivity index (χ3n) is 2.82. The van der Waals surface area contributed by atoms with Gasteiger partial charge in [0.1, 0.15) is 0 Å². The van der Waals surface area contributed by atoms with Crippen LogP contribution in [0.25, 0.3) is 0 Å². The summed E-state index contributed by atoms with van der Waals surface area (Å²) in [5, 5.41) is 3.54. The minimum atomic E-state index is -0.0234. The minimum Gasteiger partial charge on any atom is -0.325 e. The normalized spacial score (nSPS) is 10.2. The van der Waals surface area contributed by atoms with Crippen molar-refractivity contribution in [3.8, 4) is 0 Å². The van der Waals surface area contributed by atoms with E-state index in [1.54, 1.807) is 18.5 Å². The van der Waals surface area contributed by atoms with E-state index < -0.39 is 0 Å². The van der Waals surface area contributed by atoms with Crippen molar-refractivity contribution in [1.29, 1.82) is 0 Å². The van der Waals surface area contributed by atoms with Crippen molar-refractivity contribution in [2.45, 2.75) is 19.8 Å². The van der Waals surface area contributed by atoms with E-state index in [4.69, 9.17) is 11.6 Å². The zero-order valence-corrected chi connectivity index (χ0v) is 11.4. The summed E-state index contributed by atoms with van der Waals surface area (Å²) < 4.78 is 0. The second-order valence-electron chi connectivity index (χ2n) is 4.37. The lowest BCUT2D eigenvalue weighted by atomic mass is 10.1. The number of aryl methyl sites for hydroxylation is 2. The Labute approximate surface area is 117 Å². The van der Waals surface area contributed by atoms with E-state index in [2.05, 4.69) is 10.3 Å². The van der Waals surface area contributed by atoms with Gasteiger partial charge in [-0.25, -0.2) is 0 Å². The molecule has 0 atom stereocenters. The molecule has 0 radical (unpaired) electrons. The maximum Gasteiger partial charge on any atom is 0.224 e. The first-order valence-corrected chi connectivity index (χ1v) is 6.48. The summed E-state index contributed by atoms with van der Waals surface area (Å²) in [6.07, 6.45) is 4.39. The van der Waals surface area contributed by atoms with Gasteiger partial charge in [-0.3, -0.25) is 9.78 Å². The van der Waals surface area contributed by atoms with E-state index in [0.717, 1.165) is 21.8 Å². The molecule has 0 saturated carbocycles. The number of hydrogen-bond donors (Lipinski definition) is 1. The second-order valence-corrected chi connectivity index (χ2v) is 4.78. The zero-order valence-electron chi connectivity index (χ0n) is 10.7. The van der Waals surface area contributed by atoms with E-state index in [-0.39, 0.29) is 5.91 Å². The molecule has 1 aromatic heterocycles.